The van der Waals surface area contributed by atoms with Crippen molar-refractivity contribution < 1.29 is 24.2 Å². The van der Waals surface area contributed by atoms with Gasteiger partial charge in [-0.25, -0.2) is 0 Å². The number of carbonyl (C=O) groups is 2. The third-order valence-electron chi connectivity index (χ3n) is 4.61. The number of rotatable bonds is 12. The molecule has 0 heterocycles. The van der Waals surface area contributed by atoms with Crippen LogP contribution in [-0.4, -0.2) is 23.5 Å². The number of aromatic hydroxyl groups is 1. The minimum absolute atomic E-state index is 0.170. The zero-order valence-electron chi connectivity index (χ0n) is 17.2. The van der Waals surface area contributed by atoms with Crippen LogP contribution >= 0.6 is 0 Å². The van der Waals surface area contributed by atoms with E-state index in [4.69, 9.17) is 9.47 Å². The molecule has 2 aromatic carbocycles. The normalized spacial score (nSPS) is 11.8. The Morgan fingerprint density at radius 2 is 1.66 bits per heavy atom. The first-order chi connectivity index (χ1) is 14.0. The summed E-state index contributed by atoms with van der Waals surface area (Å²) in [6, 6.07) is 13.4. The maximum absolute atomic E-state index is 12.6. The van der Waals surface area contributed by atoms with Crippen LogP contribution in [0.15, 0.2) is 48.5 Å². The molecule has 29 heavy (non-hydrogen) atoms. The summed E-state index contributed by atoms with van der Waals surface area (Å²) in [5, 5.41) is 10.4. The van der Waals surface area contributed by atoms with Gasteiger partial charge in [0, 0.05) is 18.1 Å². The van der Waals surface area contributed by atoms with E-state index in [0.29, 0.717) is 17.7 Å². The van der Waals surface area contributed by atoms with Crippen molar-refractivity contribution in [2.75, 3.05) is 6.61 Å². The molecule has 0 saturated carbocycles. The van der Waals surface area contributed by atoms with Gasteiger partial charge in [-0.2, -0.15) is 0 Å². The Bertz CT molecular complexity index is 785. The van der Waals surface area contributed by atoms with Gasteiger partial charge >= 0.3 is 5.97 Å². The molecule has 0 saturated heterocycles. The van der Waals surface area contributed by atoms with Crippen LogP contribution in [0.5, 0.6) is 5.75 Å². The summed E-state index contributed by atoms with van der Waals surface area (Å²) in [7, 11) is 0. The Balaban J connectivity index is 2.02. The van der Waals surface area contributed by atoms with E-state index >= 15 is 0 Å². The van der Waals surface area contributed by atoms with Crippen LogP contribution in [0.3, 0.4) is 0 Å². The molecule has 1 N–H and O–H groups in total. The summed E-state index contributed by atoms with van der Waals surface area (Å²) in [6.07, 6.45) is 5.85. The van der Waals surface area contributed by atoms with Gasteiger partial charge in [-0.15, -0.1) is 0 Å². The Morgan fingerprint density at radius 1 is 0.966 bits per heavy atom. The van der Waals surface area contributed by atoms with Crippen LogP contribution in [0.25, 0.3) is 0 Å². The maximum Gasteiger partial charge on any atom is 0.305 e. The summed E-state index contributed by atoms with van der Waals surface area (Å²) < 4.78 is 11.0. The Labute approximate surface area is 172 Å². The molecule has 2 rings (SSSR count). The first-order valence-electron chi connectivity index (χ1n) is 10.2. The van der Waals surface area contributed by atoms with Crippen LogP contribution in [0, 0.1) is 0 Å². The monoisotopic (exact) mass is 398 g/mol. The minimum atomic E-state index is -0.907. The number of esters is 1. The van der Waals surface area contributed by atoms with Gasteiger partial charge in [-0.1, -0.05) is 75.4 Å². The highest BCUT2D eigenvalue weighted by atomic mass is 16.7. The highest BCUT2D eigenvalue weighted by Crippen LogP contribution is 2.28. The number of benzene rings is 2. The average molecular weight is 398 g/mol. The van der Waals surface area contributed by atoms with Gasteiger partial charge in [0.05, 0.1) is 12.2 Å². The van der Waals surface area contributed by atoms with Crippen molar-refractivity contribution in [3.8, 4) is 5.75 Å². The van der Waals surface area contributed by atoms with Crippen molar-refractivity contribution >= 4 is 11.8 Å². The number of hydrogen-bond donors (Lipinski definition) is 1. The van der Waals surface area contributed by atoms with Crippen LogP contribution < -0.4 is 0 Å². The topological polar surface area (TPSA) is 72.8 Å². The largest absolute Gasteiger partial charge is 0.507 e. The number of phenolic OH excluding ortho intramolecular Hbond substituents is 1. The van der Waals surface area contributed by atoms with Gasteiger partial charge in [-0.05, 0) is 18.6 Å². The van der Waals surface area contributed by atoms with E-state index < -0.39 is 12.3 Å². The van der Waals surface area contributed by atoms with Gasteiger partial charge in [0.25, 0.3) is 0 Å². The summed E-state index contributed by atoms with van der Waals surface area (Å²) in [6.45, 7) is 3.95. The molecule has 0 aliphatic carbocycles. The van der Waals surface area contributed by atoms with E-state index in [0.717, 1.165) is 19.3 Å². The summed E-state index contributed by atoms with van der Waals surface area (Å²) in [5.41, 5.74) is 1.18. The third kappa shape index (κ3) is 7.35. The molecular weight excluding hydrogens is 368 g/mol. The minimum Gasteiger partial charge on any atom is -0.507 e. The molecule has 0 radical (unpaired) electrons. The Morgan fingerprint density at radius 3 is 2.31 bits per heavy atom. The molecule has 0 fully saturated rings. The van der Waals surface area contributed by atoms with Crippen LogP contribution in [-0.2, 0) is 14.3 Å². The molecule has 0 aromatic heterocycles. The van der Waals surface area contributed by atoms with Crippen molar-refractivity contribution in [2.24, 2.45) is 0 Å². The quantitative estimate of drug-likeness (QED) is 0.219. The number of ether oxygens (including phenoxy) is 2. The standard InChI is InChI=1S/C24H30O5/c1-3-4-5-6-7-11-16-28-24(29-18(2)25)20-14-15-21(22(26)17-20)23(27)19-12-9-8-10-13-19/h8-10,12-15,17,24,26H,3-7,11,16H2,1-2H3. The molecule has 5 heteroatoms. The lowest BCUT2D eigenvalue weighted by molar-refractivity contribution is -0.178. The Kier molecular flexibility index (Phi) is 9.38. The zero-order chi connectivity index (χ0) is 21.1. The average Bonchev–Trinajstić information content (AvgIpc) is 2.72. The third-order valence-corrected chi connectivity index (χ3v) is 4.61. The lowest BCUT2D eigenvalue weighted by atomic mass is 10.0. The van der Waals surface area contributed by atoms with Crippen molar-refractivity contribution in [3.63, 3.8) is 0 Å². The summed E-state index contributed by atoms with van der Waals surface area (Å²) in [5.74, 6) is -0.912. The highest BCUT2D eigenvalue weighted by Gasteiger charge is 2.19. The van der Waals surface area contributed by atoms with Gasteiger partial charge in [0.2, 0.25) is 6.29 Å². The first-order valence-corrected chi connectivity index (χ1v) is 10.2. The molecule has 1 unspecified atom stereocenters. The second kappa shape index (κ2) is 12.0. The van der Waals surface area contributed by atoms with Crippen molar-refractivity contribution in [3.05, 3.63) is 65.2 Å². The van der Waals surface area contributed by atoms with Crippen molar-refractivity contribution in [1.82, 2.24) is 0 Å². The molecule has 0 amide bonds. The van der Waals surface area contributed by atoms with Crippen LogP contribution in [0.1, 0.15) is 80.1 Å². The summed E-state index contributed by atoms with van der Waals surface area (Å²) in [4.78, 5) is 24.0. The zero-order valence-corrected chi connectivity index (χ0v) is 17.2. The highest BCUT2D eigenvalue weighted by molar-refractivity contribution is 6.10. The second-order valence-corrected chi connectivity index (χ2v) is 7.05. The predicted octanol–water partition coefficient (Wildman–Crippen LogP) is 5.56. The number of carbonyl (C=O) groups excluding carboxylic acids is 2. The molecule has 1 atom stereocenters. The van der Waals surface area contributed by atoms with Gasteiger partial charge < -0.3 is 14.6 Å². The molecule has 156 valence electrons. The summed E-state index contributed by atoms with van der Waals surface area (Å²) >= 11 is 0. The van der Waals surface area contributed by atoms with E-state index in [1.807, 2.05) is 6.07 Å². The van der Waals surface area contributed by atoms with Crippen molar-refractivity contribution in [1.29, 1.82) is 0 Å². The van der Waals surface area contributed by atoms with Gasteiger partial charge in [0.15, 0.2) is 5.78 Å². The van der Waals surface area contributed by atoms with E-state index in [1.54, 1.807) is 30.3 Å². The number of unbranched alkanes of at least 4 members (excludes halogenated alkanes) is 5. The van der Waals surface area contributed by atoms with Crippen molar-refractivity contribution in [2.45, 2.75) is 58.7 Å². The van der Waals surface area contributed by atoms with Gasteiger partial charge in [-0.3, -0.25) is 9.59 Å². The lowest BCUT2D eigenvalue weighted by Crippen LogP contribution is -2.13. The fourth-order valence-electron chi connectivity index (χ4n) is 3.05. The molecule has 2 aromatic rings. The smallest absolute Gasteiger partial charge is 0.305 e. The molecular formula is C24H30O5. The maximum atomic E-state index is 12.6. The fraction of sp³-hybridized carbons (Fsp3) is 0.417. The van der Waals surface area contributed by atoms with E-state index in [9.17, 15) is 14.7 Å². The fourth-order valence-corrected chi connectivity index (χ4v) is 3.05. The molecule has 0 bridgehead atoms. The number of ketones is 1. The van der Waals surface area contributed by atoms with E-state index in [-0.39, 0.29) is 17.1 Å². The van der Waals surface area contributed by atoms with E-state index in [2.05, 4.69) is 6.92 Å². The number of phenols is 1. The first kappa shape index (κ1) is 22.6. The molecule has 5 nitrogen and oxygen atoms in total. The molecule has 0 spiro atoms. The van der Waals surface area contributed by atoms with Crippen LogP contribution in [0.2, 0.25) is 0 Å². The SMILES string of the molecule is CCCCCCCCOC(OC(C)=O)c1ccc(C(=O)c2ccccc2)c(O)c1. The van der Waals surface area contributed by atoms with E-state index in [1.165, 1.54) is 38.3 Å². The predicted molar refractivity (Wildman–Crippen MR) is 112 cm³/mol. The number of hydrogen-bond acceptors (Lipinski definition) is 5. The van der Waals surface area contributed by atoms with Gasteiger partial charge in [0.1, 0.15) is 5.75 Å². The molecule has 0 aliphatic rings. The Hall–Kier alpha value is -2.66. The lowest BCUT2D eigenvalue weighted by Gasteiger charge is -2.19. The second-order valence-electron chi connectivity index (χ2n) is 7.05. The molecule has 0 aliphatic heterocycles. The van der Waals surface area contributed by atoms with Crippen LogP contribution in [0.4, 0.5) is 0 Å².